The molecule has 0 bridgehead atoms. The first kappa shape index (κ1) is 33.0. The summed E-state index contributed by atoms with van der Waals surface area (Å²) in [5.41, 5.74) is 2.75. The van der Waals surface area contributed by atoms with Crippen LogP contribution >= 0.6 is 0 Å². The molecule has 5 N–H and O–H groups in total. The number of hydrogen-bond acceptors (Lipinski definition) is 5. The summed E-state index contributed by atoms with van der Waals surface area (Å²) in [6.07, 6.45) is 1.69. The highest BCUT2D eigenvalue weighted by molar-refractivity contribution is 5.97. The van der Waals surface area contributed by atoms with E-state index in [0.29, 0.717) is 31.5 Å². The Morgan fingerprint density at radius 2 is 1.57 bits per heavy atom. The molecule has 0 saturated carbocycles. The number of aliphatic hydroxyl groups is 1. The molecule has 0 fully saturated rings. The van der Waals surface area contributed by atoms with Crippen molar-refractivity contribution in [3.63, 3.8) is 0 Å². The molecule has 220 valence electrons. The second-order valence-electron chi connectivity index (χ2n) is 11.0. The summed E-state index contributed by atoms with van der Waals surface area (Å²) in [7, 11) is 1.86. The fourth-order valence-corrected chi connectivity index (χ4v) is 4.57. The van der Waals surface area contributed by atoms with Gasteiger partial charge in [-0.15, -0.1) is 0 Å². The molecule has 0 saturated heterocycles. The molecule has 0 aromatic heterocycles. The molecular formula is C32H48N4O4. The van der Waals surface area contributed by atoms with Gasteiger partial charge in [-0.2, -0.15) is 0 Å². The van der Waals surface area contributed by atoms with E-state index in [1.165, 1.54) is 5.56 Å². The van der Waals surface area contributed by atoms with Crippen molar-refractivity contribution in [2.75, 3.05) is 13.6 Å². The van der Waals surface area contributed by atoms with Crippen LogP contribution in [0.3, 0.4) is 0 Å². The molecule has 0 radical (unpaired) electrons. The Labute approximate surface area is 239 Å². The predicted octanol–water partition coefficient (Wildman–Crippen LogP) is 3.58. The number of rotatable bonds is 17. The van der Waals surface area contributed by atoms with Crippen molar-refractivity contribution < 1.29 is 19.5 Å². The van der Waals surface area contributed by atoms with E-state index in [1.807, 2.05) is 65.1 Å². The highest BCUT2D eigenvalue weighted by atomic mass is 16.3. The summed E-state index contributed by atoms with van der Waals surface area (Å²) in [5, 5.41) is 22.7. The average Bonchev–Trinajstić information content (AvgIpc) is 2.94. The van der Waals surface area contributed by atoms with Crippen molar-refractivity contribution >= 4 is 17.7 Å². The fraction of sp³-hybridized carbons (Fsp3) is 0.531. The van der Waals surface area contributed by atoms with Crippen LogP contribution in [0.2, 0.25) is 0 Å². The van der Waals surface area contributed by atoms with Gasteiger partial charge in [0.15, 0.2) is 0 Å². The molecule has 4 unspecified atom stereocenters. The number of hydrogen-bond donors (Lipinski definition) is 5. The number of amides is 3. The number of carbonyl (C=O) groups is 3. The van der Waals surface area contributed by atoms with Crippen molar-refractivity contribution in [2.45, 2.75) is 84.5 Å². The minimum atomic E-state index is -1.05. The minimum absolute atomic E-state index is 0.109. The van der Waals surface area contributed by atoms with Crippen LogP contribution < -0.4 is 21.3 Å². The SMILES string of the molecule is CCC(C)C(NC(=O)c1ccc(CNC)cc1)C(=O)NC(CC(C)C)C(O)CC(=O)NCCCc1ccccc1. The molecule has 2 rings (SSSR count). The molecule has 0 aliphatic carbocycles. The second-order valence-corrected chi connectivity index (χ2v) is 11.0. The number of benzene rings is 2. The molecule has 40 heavy (non-hydrogen) atoms. The molecule has 8 heteroatoms. The van der Waals surface area contributed by atoms with Gasteiger partial charge in [0.2, 0.25) is 11.8 Å². The Balaban J connectivity index is 1.98. The highest BCUT2D eigenvalue weighted by Gasteiger charge is 2.31. The molecule has 2 aromatic carbocycles. The van der Waals surface area contributed by atoms with Gasteiger partial charge in [-0.3, -0.25) is 14.4 Å². The molecule has 0 spiro atoms. The normalized spacial score (nSPS) is 14.2. The summed E-state index contributed by atoms with van der Waals surface area (Å²) in [4.78, 5) is 39.0. The third-order valence-corrected chi connectivity index (χ3v) is 7.10. The van der Waals surface area contributed by atoms with Crippen LogP contribution in [0.4, 0.5) is 0 Å². The van der Waals surface area contributed by atoms with Crippen molar-refractivity contribution in [3.8, 4) is 0 Å². The Morgan fingerprint density at radius 1 is 0.900 bits per heavy atom. The Bertz CT molecular complexity index is 1040. The van der Waals surface area contributed by atoms with E-state index in [0.717, 1.165) is 18.4 Å². The van der Waals surface area contributed by atoms with E-state index >= 15 is 0 Å². The molecule has 2 aromatic rings. The number of carbonyl (C=O) groups excluding carboxylic acids is 3. The Hall–Kier alpha value is -3.23. The lowest BCUT2D eigenvalue weighted by Gasteiger charge is -2.30. The van der Waals surface area contributed by atoms with Gasteiger partial charge in [-0.05, 0) is 61.4 Å². The molecule has 0 heterocycles. The molecule has 4 atom stereocenters. The van der Waals surface area contributed by atoms with Crippen molar-refractivity contribution in [1.82, 2.24) is 21.3 Å². The van der Waals surface area contributed by atoms with E-state index in [4.69, 9.17) is 0 Å². The number of nitrogens with one attached hydrogen (secondary N) is 4. The minimum Gasteiger partial charge on any atom is -0.390 e. The molecule has 0 aliphatic rings. The third kappa shape index (κ3) is 11.5. The zero-order chi connectivity index (χ0) is 29.5. The zero-order valence-corrected chi connectivity index (χ0v) is 24.7. The van der Waals surface area contributed by atoms with Gasteiger partial charge in [-0.1, -0.05) is 76.6 Å². The van der Waals surface area contributed by atoms with E-state index in [1.54, 1.807) is 12.1 Å². The first-order valence-electron chi connectivity index (χ1n) is 14.5. The predicted molar refractivity (Wildman–Crippen MR) is 160 cm³/mol. The summed E-state index contributed by atoms with van der Waals surface area (Å²) < 4.78 is 0. The van der Waals surface area contributed by atoms with E-state index < -0.39 is 18.2 Å². The van der Waals surface area contributed by atoms with Crippen LogP contribution in [0, 0.1) is 11.8 Å². The lowest BCUT2D eigenvalue weighted by atomic mass is 9.94. The van der Waals surface area contributed by atoms with Crippen LogP contribution in [0.1, 0.15) is 74.9 Å². The van der Waals surface area contributed by atoms with E-state index in [9.17, 15) is 19.5 Å². The summed E-state index contributed by atoms with van der Waals surface area (Å²) in [6, 6.07) is 15.9. The standard InChI is InChI=1S/C32H48N4O4/c1-6-23(4)30(36-31(39)26-16-14-25(15-17-26)21-33-5)32(40)35-27(19-22(2)3)28(37)20-29(38)34-18-10-13-24-11-8-7-9-12-24/h7-9,11-12,14-17,22-23,27-28,30,33,37H,6,10,13,18-21H2,1-5H3,(H,34,38)(H,35,40)(H,36,39). The maximum absolute atomic E-state index is 13.4. The average molecular weight is 553 g/mol. The largest absolute Gasteiger partial charge is 0.390 e. The van der Waals surface area contributed by atoms with Gasteiger partial charge < -0.3 is 26.4 Å². The second kappa shape index (κ2) is 17.5. The first-order valence-corrected chi connectivity index (χ1v) is 14.5. The quantitative estimate of drug-likeness (QED) is 0.192. The highest BCUT2D eigenvalue weighted by Crippen LogP contribution is 2.15. The number of aliphatic hydroxyl groups excluding tert-OH is 1. The first-order chi connectivity index (χ1) is 19.1. The van der Waals surface area contributed by atoms with Crippen LogP contribution in [0.25, 0.3) is 0 Å². The smallest absolute Gasteiger partial charge is 0.251 e. The molecular weight excluding hydrogens is 504 g/mol. The van der Waals surface area contributed by atoms with Crippen molar-refractivity contribution in [1.29, 1.82) is 0 Å². The van der Waals surface area contributed by atoms with Crippen LogP contribution in [-0.2, 0) is 22.6 Å². The van der Waals surface area contributed by atoms with Crippen LogP contribution in [-0.4, -0.2) is 54.6 Å². The summed E-state index contributed by atoms with van der Waals surface area (Å²) >= 11 is 0. The Kier molecular flexibility index (Phi) is 14.4. The van der Waals surface area contributed by atoms with Gasteiger partial charge in [0.25, 0.3) is 5.91 Å². The lowest BCUT2D eigenvalue weighted by Crippen LogP contribution is -2.55. The molecule has 3 amide bonds. The van der Waals surface area contributed by atoms with Gasteiger partial charge in [0.1, 0.15) is 6.04 Å². The summed E-state index contributed by atoms with van der Waals surface area (Å²) in [6.45, 7) is 9.09. The topological polar surface area (TPSA) is 120 Å². The molecule has 8 nitrogen and oxygen atoms in total. The molecule has 0 aliphatic heterocycles. The van der Waals surface area contributed by atoms with Crippen LogP contribution in [0.15, 0.2) is 54.6 Å². The van der Waals surface area contributed by atoms with Gasteiger partial charge >= 0.3 is 0 Å². The maximum atomic E-state index is 13.4. The lowest BCUT2D eigenvalue weighted by molar-refractivity contribution is -0.128. The fourth-order valence-electron chi connectivity index (χ4n) is 4.57. The Morgan fingerprint density at radius 3 is 2.17 bits per heavy atom. The van der Waals surface area contributed by atoms with Crippen molar-refractivity contribution in [2.24, 2.45) is 11.8 Å². The van der Waals surface area contributed by atoms with Gasteiger partial charge in [0, 0.05) is 18.7 Å². The van der Waals surface area contributed by atoms with E-state index in [-0.39, 0.29) is 36.0 Å². The van der Waals surface area contributed by atoms with Gasteiger partial charge in [0.05, 0.1) is 18.6 Å². The monoisotopic (exact) mass is 552 g/mol. The van der Waals surface area contributed by atoms with E-state index in [2.05, 4.69) is 33.4 Å². The van der Waals surface area contributed by atoms with Gasteiger partial charge in [-0.25, -0.2) is 0 Å². The van der Waals surface area contributed by atoms with Crippen LogP contribution in [0.5, 0.6) is 0 Å². The summed E-state index contributed by atoms with van der Waals surface area (Å²) in [5.74, 6) is -0.884. The number of aryl methyl sites for hydroxylation is 1. The zero-order valence-electron chi connectivity index (χ0n) is 24.7. The third-order valence-electron chi connectivity index (χ3n) is 7.10. The van der Waals surface area contributed by atoms with Crippen molar-refractivity contribution in [3.05, 3.63) is 71.3 Å². The maximum Gasteiger partial charge on any atom is 0.251 e.